The van der Waals surface area contributed by atoms with E-state index in [4.69, 9.17) is 14.1 Å². The maximum absolute atomic E-state index is 5.29. The third kappa shape index (κ3) is 2.12. The first-order valence-corrected chi connectivity index (χ1v) is 5.76. The largest absolute Gasteiger partial charge is 0.479 e. The Balaban J connectivity index is 1.53. The highest BCUT2D eigenvalue weighted by molar-refractivity contribution is 5.91. The minimum absolute atomic E-state index is 0.298. The summed E-state index contributed by atoms with van der Waals surface area (Å²) in [6, 6.07) is 1.70. The molecule has 0 radical (unpaired) electrons. The zero-order valence-corrected chi connectivity index (χ0v) is 9.76. The second-order valence-electron chi connectivity index (χ2n) is 4.41. The topological polar surface area (TPSA) is 60.1 Å². The van der Waals surface area contributed by atoms with E-state index in [9.17, 15) is 0 Å². The first-order valence-electron chi connectivity index (χ1n) is 5.76. The van der Waals surface area contributed by atoms with Crippen molar-refractivity contribution in [2.75, 3.05) is 26.7 Å². The van der Waals surface area contributed by atoms with Crippen molar-refractivity contribution in [3.8, 4) is 5.88 Å². The fraction of sp³-hybridized carbons (Fsp3) is 0.636. The molecule has 0 N–H and O–H groups in total. The number of nitrogens with zero attached hydrogens (tertiary/aromatic N) is 3. The monoisotopic (exact) mass is 237 g/mol. The lowest BCUT2D eigenvalue weighted by atomic mass is 10.0. The van der Waals surface area contributed by atoms with Gasteiger partial charge in [0.05, 0.1) is 12.8 Å². The van der Waals surface area contributed by atoms with E-state index in [-0.39, 0.29) is 0 Å². The van der Waals surface area contributed by atoms with Crippen LogP contribution in [0, 0.1) is 5.92 Å². The molecule has 2 saturated heterocycles. The van der Waals surface area contributed by atoms with Crippen LogP contribution in [-0.4, -0.2) is 42.5 Å². The lowest BCUT2D eigenvalue weighted by Crippen LogP contribution is -2.23. The zero-order chi connectivity index (χ0) is 11.7. The van der Waals surface area contributed by atoms with Gasteiger partial charge in [0.2, 0.25) is 0 Å². The standard InChI is InChI=1S/C11H15N3O3/c1-15-11-4-9(17-13-11)7-16-12-10-6-14-3-2-8(10)5-14/h4,8H,2-3,5-7H2,1H3. The molecule has 6 nitrogen and oxygen atoms in total. The number of hydrogen-bond donors (Lipinski definition) is 0. The molecule has 1 aromatic rings. The van der Waals surface area contributed by atoms with E-state index in [2.05, 4.69) is 15.2 Å². The Hall–Kier alpha value is -1.56. The summed E-state index contributed by atoms with van der Waals surface area (Å²) in [4.78, 5) is 7.68. The first kappa shape index (κ1) is 10.6. The van der Waals surface area contributed by atoms with Gasteiger partial charge in [-0.1, -0.05) is 5.16 Å². The average molecular weight is 237 g/mol. The Morgan fingerprint density at radius 1 is 1.65 bits per heavy atom. The molecule has 92 valence electrons. The molecule has 0 amide bonds. The molecule has 2 aliphatic rings. The highest BCUT2D eigenvalue weighted by Crippen LogP contribution is 2.25. The SMILES string of the molecule is COc1cc(CON=C2CN3CCC2C3)on1. The maximum atomic E-state index is 5.29. The van der Waals surface area contributed by atoms with Gasteiger partial charge < -0.3 is 14.1 Å². The molecular weight excluding hydrogens is 222 g/mol. The number of fused-ring (bicyclic) bond motifs is 2. The summed E-state index contributed by atoms with van der Waals surface area (Å²) in [6.45, 7) is 3.58. The number of methoxy groups -OCH3 is 1. The van der Waals surface area contributed by atoms with Crippen molar-refractivity contribution >= 4 is 5.71 Å². The average Bonchev–Trinajstić information content (AvgIpc) is 3.04. The van der Waals surface area contributed by atoms with Crippen molar-refractivity contribution in [3.63, 3.8) is 0 Å². The first-order chi connectivity index (χ1) is 8.35. The minimum atomic E-state index is 0.298. The summed E-state index contributed by atoms with van der Waals surface area (Å²) in [5.41, 5.74) is 1.16. The van der Waals surface area contributed by atoms with E-state index in [0.29, 0.717) is 24.2 Å². The Bertz CT molecular complexity index is 429. The van der Waals surface area contributed by atoms with Crippen molar-refractivity contribution in [2.24, 2.45) is 11.1 Å². The van der Waals surface area contributed by atoms with Gasteiger partial charge in [-0.2, -0.15) is 0 Å². The van der Waals surface area contributed by atoms with Crippen LogP contribution in [0.25, 0.3) is 0 Å². The van der Waals surface area contributed by atoms with Crippen molar-refractivity contribution in [3.05, 3.63) is 11.8 Å². The third-order valence-electron chi connectivity index (χ3n) is 3.26. The number of rotatable bonds is 4. The lowest BCUT2D eigenvalue weighted by molar-refractivity contribution is 0.107. The van der Waals surface area contributed by atoms with Gasteiger partial charge in [-0.25, -0.2) is 0 Å². The van der Waals surface area contributed by atoms with Crippen LogP contribution in [0.15, 0.2) is 15.7 Å². The molecule has 17 heavy (non-hydrogen) atoms. The summed E-state index contributed by atoms with van der Waals surface area (Å²) >= 11 is 0. The van der Waals surface area contributed by atoms with E-state index in [1.807, 2.05) is 0 Å². The number of hydrogen-bond acceptors (Lipinski definition) is 6. The second kappa shape index (κ2) is 4.37. The molecule has 0 spiro atoms. The van der Waals surface area contributed by atoms with Crippen molar-refractivity contribution in [1.29, 1.82) is 0 Å². The molecule has 0 aliphatic carbocycles. The van der Waals surface area contributed by atoms with Gasteiger partial charge in [-0.05, 0) is 18.1 Å². The molecular formula is C11H15N3O3. The van der Waals surface area contributed by atoms with E-state index < -0.39 is 0 Å². The van der Waals surface area contributed by atoms with Crippen LogP contribution < -0.4 is 4.74 Å². The van der Waals surface area contributed by atoms with Gasteiger partial charge in [0.15, 0.2) is 12.4 Å². The Morgan fingerprint density at radius 2 is 2.59 bits per heavy atom. The summed E-state index contributed by atoms with van der Waals surface area (Å²) in [7, 11) is 1.55. The number of aromatic nitrogens is 1. The molecule has 2 aliphatic heterocycles. The van der Waals surface area contributed by atoms with E-state index in [0.717, 1.165) is 18.8 Å². The van der Waals surface area contributed by atoms with Crippen LogP contribution in [0.5, 0.6) is 5.88 Å². The predicted octanol–water partition coefficient (Wildman–Crippen LogP) is 0.891. The fourth-order valence-corrected chi connectivity index (χ4v) is 2.35. The van der Waals surface area contributed by atoms with Crippen LogP contribution in [0.2, 0.25) is 0 Å². The van der Waals surface area contributed by atoms with E-state index >= 15 is 0 Å². The van der Waals surface area contributed by atoms with Gasteiger partial charge in [-0.3, -0.25) is 4.90 Å². The quantitative estimate of drug-likeness (QED) is 0.728. The molecule has 1 aromatic heterocycles. The Morgan fingerprint density at radius 3 is 3.24 bits per heavy atom. The van der Waals surface area contributed by atoms with E-state index in [1.54, 1.807) is 13.2 Å². The van der Waals surface area contributed by atoms with Gasteiger partial charge in [0, 0.05) is 25.1 Å². The molecule has 2 fully saturated rings. The third-order valence-corrected chi connectivity index (χ3v) is 3.26. The number of oxime groups is 1. The normalized spacial score (nSPS) is 28.9. The molecule has 3 rings (SSSR count). The lowest BCUT2D eigenvalue weighted by Gasteiger charge is -2.12. The van der Waals surface area contributed by atoms with Crippen molar-refractivity contribution in [2.45, 2.75) is 13.0 Å². The Labute approximate surface area is 99.1 Å². The molecule has 3 heterocycles. The van der Waals surface area contributed by atoms with Gasteiger partial charge in [-0.15, -0.1) is 0 Å². The molecule has 2 unspecified atom stereocenters. The highest BCUT2D eigenvalue weighted by Gasteiger charge is 2.35. The molecule has 0 aromatic carbocycles. The zero-order valence-electron chi connectivity index (χ0n) is 9.76. The van der Waals surface area contributed by atoms with Crippen molar-refractivity contribution < 1.29 is 14.1 Å². The van der Waals surface area contributed by atoms with Crippen LogP contribution in [0.4, 0.5) is 0 Å². The summed E-state index contributed by atoms with van der Waals surface area (Å²) in [5, 5.41) is 7.87. The minimum Gasteiger partial charge on any atom is -0.479 e. The highest BCUT2D eigenvalue weighted by atomic mass is 16.6. The van der Waals surface area contributed by atoms with Crippen LogP contribution in [-0.2, 0) is 11.4 Å². The van der Waals surface area contributed by atoms with Crippen LogP contribution in [0.1, 0.15) is 12.2 Å². The maximum Gasteiger partial charge on any atom is 0.254 e. The molecule has 2 atom stereocenters. The molecule has 0 saturated carbocycles. The van der Waals surface area contributed by atoms with Crippen molar-refractivity contribution in [1.82, 2.24) is 10.1 Å². The van der Waals surface area contributed by atoms with Gasteiger partial charge in [0.1, 0.15) is 0 Å². The fourth-order valence-electron chi connectivity index (χ4n) is 2.35. The predicted molar refractivity (Wildman–Crippen MR) is 59.8 cm³/mol. The summed E-state index contributed by atoms with van der Waals surface area (Å²) in [6.07, 6.45) is 1.21. The van der Waals surface area contributed by atoms with Crippen LogP contribution in [0.3, 0.4) is 0 Å². The Kier molecular flexibility index (Phi) is 2.72. The summed E-state index contributed by atoms with van der Waals surface area (Å²) < 4.78 is 9.91. The number of piperidine rings is 1. The van der Waals surface area contributed by atoms with Gasteiger partial charge in [0.25, 0.3) is 5.88 Å². The molecule has 2 bridgehead atoms. The second-order valence-corrected chi connectivity index (χ2v) is 4.41. The molecule has 6 heteroatoms. The van der Waals surface area contributed by atoms with Crippen LogP contribution >= 0.6 is 0 Å². The van der Waals surface area contributed by atoms with E-state index in [1.165, 1.54) is 13.0 Å². The van der Waals surface area contributed by atoms with Gasteiger partial charge >= 0.3 is 0 Å². The number of ether oxygens (including phenoxy) is 1. The summed E-state index contributed by atoms with van der Waals surface area (Å²) in [5.74, 6) is 1.68. The smallest absolute Gasteiger partial charge is 0.254 e.